The summed E-state index contributed by atoms with van der Waals surface area (Å²) in [5.41, 5.74) is 4.47. The molecule has 3 rings (SSSR count). The molecule has 0 saturated heterocycles. The standard InChI is InChI=1S/C21H22N2O2S/c1-5-18-20(15(4)25-23-18)21(24)22-16-8-10-17(11-9-16)26-19-12-13(2)6-7-14(19)3/h6-12H,5H2,1-4H3,(H,22,24). The lowest BCUT2D eigenvalue weighted by atomic mass is 10.1. The highest BCUT2D eigenvalue weighted by Gasteiger charge is 2.19. The SMILES string of the molecule is CCc1noc(C)c1C(=O)Nc1ccc(Sc2cc(C)ccc2C)cc1. The minimum atomic E-state index is -0.185. The molecule has 0 saturated carbocycles. The monoisotopic (exact) mass is 366 g/mol. The molecule has 0 aliphatic rings. The van der Waals surface area contributed by atoms with Crippen molar-refractivity contribution in [2.75, 3.05) is 5.32 Å². The van der Waals surface area contributed by atoms with Gasteiger partial charge in [0.1, 0.15) is 11.3 Å². The average molecular weight is 366 g/mol. The van der Waals surface area contributed by atoms with Crippen molar-refractivity contribution in [1.82, 2.24) is 5.16 Å². The summed E-state index contributed by atoms with van der Waals surface area (Å²) in [4.78, 5) is 14.9. The second-order valence-electron chi connectivity index (χ2n) is 6.26. The zero-order valence-corrected chi connectivity index (χ0v) is 16.2. The maximum Gasteiger partial charge on any atom is 0.261 e. The Morgan fingerprint density at radius 3 is 2.54 bits per heavy atom. The molecule has 3 aromatic rings. The minimum absolute atomic E-state index is 0.185. The molecule has 5 heteroatoms. The number of rotatable bonds is 5. The van der Waals surface area contributed by atoms with Gasteiger partial charge in [-0.05, 0) is 68.7 Å². The Morgan fingerprint density at radius 1 is 1.12 bits per heavy atom. The van der Waals surface area contributed by atoms with Crippen LogP contribution in [0.2, 0.25) is 0 Å². The molecule has 0 aliphatic carbocycles. The molecule has 0 radical (unpaired) electrons. The molecule has 1 heterocycles. The van der Waals surface area contributed by atoms with Crippen LogP contribution in [0, 0.1) is 20.8 Å². The van der Waals surface area contributed by atoms with E-state index in [0.717, 1.165) is 10.6 Å². The lowest BCUT2D eigenvalue weighted by Gasteiger charge is -2.09. The van der Waals surface area contributed by atoms with Crippen molar-refractivity contribution >= 4 is 23.4 Å². The molecule has 2 aromatic carbocycles. The van der Waals surface area contributed by atoms with Crippen molar-refractivity contribution in [3.63, 3.8) is 0 Å². The number of carbonyl (C=O) groups is 1. The smallest absolute Gasteiger partial charge is 0.261 e. The fraction of sp³-hybridized carbons (Fsp3) is 0.238. The van der Waals surface area contributed by atoms with Crippen LogP contribution in [-0.4, -0.2) is 11.1 Å². The van der Waals surface area contributed by atoms with E-state index in [1.165, 1.54) is 16.0 Å². The van der Waals surface area contributed by atoms with E-state index in [1.807, 2.05) is 31.2 Å². The Hall–Kier alpha value is -2.53. The summed E-state index contributed by atoms with van der Waals surface area (Å²) in [5.74, 6) is 0.358. The van der Waals surface area contributed by atoms with Crippen molar-refractivity contribution < 1.29 is 9.32 Å². The van der Waals surface area contributed by atoms with E-state index in [0.29, 0.717) is 23.4 Å². The Labute approximate surface area is 158 Å². The van der Waals surface area contributed by atoms with E-state index in [1.54, 1.807) is 18.7 Å². The normalized spacial score (nSPS) is 10.8. The van der Waals surface area contributed by atoms with E-state index in [-0.39, 0.29) is 5.91 Å². The Balaban J connectivity index is 1.72. The first-order valence-electron chi connectivity index (χ1n) is 8.59. The molecular formula is C21H22N2O2S. The highest BCUT2D eigenvalue weighted by Crippen LogP contribution is 2.31. The number of hydrogen-bond acceptors (Lipinski definition) is 4. The first kappa shape index (κ1) is 18.3. The van der Waals surface area contributed by atoms with Crippen LogP contribution in [0.4, 0.5) is 5.69 Å². The highest BCUT2D eigenvalue weighted by atomic mass is 32.2. The number of nitrogens with zero attached hydrogens (tertiary/aromatic N) is 1. The number of benzene rings is 2. The van der Waals surface area contributed by atoms with Gasteiger partial charge in [0.05, 0.1) is 5.69 Å². The second-order valence-corrected chi connectivity index (χ2v) is 7.38. The van der Waals surface area contributed by atoms with Crippen LogP contribution in [0.5, 0.6) is 0 Å². The topological polar surface area (TPSA) is 55.1 Å². The summed E-state index contributed by atoms with van der Waals surface area (Å²) in [5, 5.41) is 6.86. The lowest BCUT2D eigenvalue weighted by molar-refractivity contribution is 0.102. The molecule has 4 nitrogen and oxygen atoms in total. The third-order valence-electron chi connectivity index (χ3n) is 4.18. The van der Waals surface area contributed by atoms with Crippen molar-refractivity contribution in [1.29, 1.82) is 0 Å². The number of amides is 1. The van der Waals surface area contributed by atoms with E-state index < -0.39 is 0 Å². The molecule has 0 spiro atoms. The zero-order valence-electron chi connectivity index (χ0n) is 15.4. The predicted molar refractivity (Wildman–Crippen MR) is 105 cm³/mol. The molecule has 1 N–H and O–H groups in total. The predicted octanol–water partition coefficient (Wildman–Crippen LogP) is 5.57. The fourth-order valence-electron chi connectivity index (χ4n) is 2.69. The van der Waals surface area contributed by atoms with E-state index >= 15 is 0 Å². The van der Waals surface area contributed by atoms with Gasteiger partial charge in [-0.3, -0.25) is 4.79 Å². The third kappa shape index (κ3) is 3.99. The molecule has 0 aliphatic heterocycles. The van der Waals surface area contributed by atoms with Gasteiger partial charge < -0.3 is 9.84 Å². The molecule has 1 amide bonds. The van der Waals surface area contributed by atoms with Crippen molar-refractivity contribution in [3.05, 3.63) is 70.6 Å². The van der Waals surface area contributed by atoms with Crippen molar-refractivity contribution in [3.8, 4) is 0 Å². The molecule has 0 bridgehead atoms. The van der Waals surface area contributed by atoms with Crippen LogP contribution in [0.1, 0.15) is 39.9 Å². The van der Waals surface area contributed by atoms with Gasteiger partial charge in [-0.25, -0.2) is 0 Å². The van der Waals surface area contributed by atoms with Gasteiger partial charge in [-0.2, -0.15) is 0 Å². The molecule has 134 valence electrons. The van der Waals surface area contributed by atoms with Crippen LogP contribution < -0.4 is 5.32 Å². The van der Waals surface area contributed by atoms with E-state index in [2.05, 4.69) is 42.5 Å². The third-order valence-corrected chi connectivity index (χ3v) is 5.35. The van der Waals surface area contributed by atoms with Crippen LogP contribution in [-0.2, 0) is 6.42 Å². The summed E-state index contributed by atoms with van der Waals surface area (Å²) in [6.45, 7) is 7.92. The number of carbonyl (C=O) groups excluding carboxylic acids is 1. The first-order valence-corrected chi connectivity index (χ1v) is 9.41. The van der Waals surface area contributed by atoms with Gasteiger partial charge in [-0.15, -0.1) is 0 Å². The molecule has 0 unspecified atom stereocenters. The average Bonchev–Trinajstić information content (AvgIpc) is 3.00. The van der Waals surface area contributed by atoms with Crippen LogP contribution in [0.25, 0.3) is 0 Å². The van der Waals surface area contributed by atoms with E-state index in [4.69, 9.17) is 4.52 Å². The number of hydrogen-bond donors (Lipinski definition) is 1. The van der Waals surface area contributed by atoms with Gasteiger partial charge in [0.15, 0.2) is 0 Å². The summed E-state index contributed by atoms with van der Waals surface area (Å²) in [6.07, 6.45) is 0.658. The van der Waals surface area contributed by atoms with Gasteiger partial charge in [0.2, 0.25) is 0 Å². The maximum absolute atomic E-state index is 12.5. The van der Waals surface area contributed by atoms with E-state index in [9.17, 15) is 4.79 Å². The quantitative estimate of drug-likeness (QED) is 0.642. The lowest BCUT2D eigenvalue weighted by Crippen LogP contribution is -2.14. The second kappa shape index (κ2) is 7.79. The summed E-state index contributed by atoms with van der Waals surface area (Å²) in [6, 6.07) is 14.3. The Bertz CT molecular complexity index is 930. The zero-order chi connectivity index (χ0) is 18.7. The van der Waals surface area contributed by atoms with Crippen LogP contribution in [0.15, 0.2) is 56.8 Å². The maximum atomic E-state index is 12.5. The van der Waals surface area contributed by atoms with Crippen molar-refractivity contribution in [2.24, 2.45) is 0 Å². The first-order chi connectivity index (χ1) is 12.5. The summed E-state index contributed by atoms with van der Waals surface area (Å²) >= 11 is 1.72. The molecule has 1 aromatic heterocycles. The Morgan fingerprint density at radius 2 is 1.85 bits per heavy atom. The molecule has 26 heavy (non-hydrogen) atoms. The summed E-state index contributed by atoms with van der Waals surface area (Å²) < 4.78 is 5.14. The summed E-state index contributed by atoms with van der Waals surface area (Å²) in [7, 11) is 0. The largest absolute Gasteiger partial charge is 0.361 e. The van der Waals surface area contributed by atoms with Gasteiger partial charge in [0, 0.05) is 15.5 Å². The number of nitrogens with one attached hydrogen (secondary N) is 1. The van der Waals surface area contributed by atoms with Gasteiger partial charge >= 0.3 is 0 Å². The fourth-order valence-corrected chi connectivity index (χ4v) is 3.69. The molecular weight excluding hydrogens is 344 g/mol. The van der Waals surface area contributed by atoms with Gasteiger partial charge in [-0.1, -0.05) is 36.0 Å². The highest BCUT2D eigenvalue weighted by molar-refractivity contribution is 7.99. The van der Waals surface area contributed by atoms with Crippen molar-refractivity contribution in [2.45, 2.75) is 43.9 Å². The minimum Gasteiger partial charge on any atom is -0.361 e. The van der Waals surface area contributed by atoms with Gasteiger partial charge in [0.25, 0.3) is 5.91 Å². The Kier molecular flexibility index (Phi) is 5.47. The molecule has 0 atom stereocenters. The molecule has 0 fully saturated rings. The number of aromatic nitrogens is 1. The van der Waals surface area contributed by atoms with Crippen LogP contribution >= 0.6 is 11.8 Å². The van der Waals surface area contributed by atoms with Crippen LogP contribution in [0.3, 0.4) is 0 Å². The number of aryl methyl sites for hydroxylation is 4. The number of anilines is 1.